The van der Waals surface area contributed by atoms with Gasteiger partial charge in [0.2, 0.25) is 0 Å². The van der Waals surface area contributed by atoms with Crippen LogP contribution in [0.4, 0.5) is 5.69 Å². The van der Waals surface area contributed by atoms with Gasteiger partial charge in [-0.25, -0.2) is 0 Å². The van der Waals surface area contributed by atoms with Gasteiger partial charge in [-0.1, -0.05) is 23.9 Å². The summed E-state index contributed by atoms with van der Waals surface area (Å²) in [6.45, 7) is 1.58. The molecule has 1 N–H and O–H groups in total. The van der Waals surface area contributed by atoms with Crippen LogP contribution in [0, 0.1) is 10.1 Å². The Hall–Kier alpha value is -2.05. The number of ether oxygens (including phenoxy) is 1. The standard InChI is InChI=1S/C15H15NO4S/c1-10(17)11-6-7-15(14(8-11)16(18)19)21-13-5-3-4-12(9-13)20-2/h3-10,17H,1-2H3/t10-/m1/s1. The summed E-state index contributed by atoms with van der Waals surface area (Å²) < 4.78 is 5.14. The van der Waals surface area contributed by atoms with Crippen LogP contribution in [0.5, 0.6) is 5.75 Å². The van der Waals surface area contributed by atoms with E-state index in [1.54, 1.807) is 26.2 Å². The van der Waals surface area contributed by atoms with Gasteiger partial charge in [0.25, 0.3) is 5.69 Å². The molecule has 5 nitrogen and oxygen atoms in total. The summed E-state index contributed by atoms with van der Waals surface area (Å²) >= 11 is 1.29. The zero-order chi connectivity index (χ0) is 15.4. The third kappa shape index (κ3) is 3.74. The maximum absolute atomic E-state index is 11.2. The van der Waals surface area contributed by atoms with Gasteiger partial charge in [-0.05, 0) is 36.8 Å². The Labute approximate surface area is 126 Å². The molecule has 0 unspecified atom stereocenters. The molecule has 6 heteroatoms. The molecule has 0 aliphatic carbocycles. The highest BCUT2D eigenvalue weighted by Gasteiger charge is 2.17. The fourth-order valence-electron chi connectivity index (χ4n) is 1.81. The van der Waals surface area contributed by atoms with Crippen LogP contribution in [0.25, 0.3) is 0 Å². The lowest BCUT2D eigenvalue weighted by molar-refractivity contribution is -0.387. The largest absolute Gasteiger partial charge is 0.497 e. The van der Waals surface area contributed by atoms with Crippen LogP contribution in [0.3, 0.4) is 0 Å². The monoisotopic (exact) mass is 305 g/mol. The minimum Gasteiger partial charge on any atom is -0.497 e. The second-order valence-corrected chi connectivity index (χ2v) is 5.56. The number of aliphatic hydroxyl groups excluding tert-OH is 1. The molecule has 0 aliphatic rings. The van der Waals surface area contributed by atoms with E-state index < -0.39 is 11.0 Å². The average molecular weight is 305 g/mol. The summed E-state index contributed by atoms with van der Waals surface area (Å²) in [4.78, 5) is 12.1. The van der Waals surface area contributed by atoms with E-state index in [4.69, 9.17) is 4.74 Å². The normalized spacial score (nSPS) is 12.0. The molecule has 0 bridgehead atoms. The van der Waals surface area contributed by atoms with Crippen LogP contribution >= 0.6 is 11.8 Å². The van der Waals surface area contributed by atoms with Crippen molar-refractivity contribution >= 4 is 17.4 Å². The number of methoxy groups -OCH3 is 1. The van der Waals surface area contributed by atoms with Crippen molar-refractivity contribution < 1.29 is 14.8 Å². The first-order valence-electron chi connectivity index (χ1n) is 6.29. The first kappa shape index (κ1) is 15.3. The molecule has 0 amide bonds. The molecule has 0 saturated carbocycles. The number of nitro groups is 1. The second-order valence-electron chi connectivity index (χ2n) is 4.44. The van der Waals surface area contributed by atoms with E-state index in [2.05, 4.69) is 0 Å². The predicted molar refractivity (Wildman–Crippen MR) is 80.8 cm³/mol. The maximum Gasteiger partial charge on any atom is 0.283 e. The lowest BCUT2D eigenvalue weighted by Gasteiger charge is -2.08. The molecule has 1 atom stereocenters. The first-order valence-corrected chi connectivity index (χ1v) is 7.11. The fourth-order valence-corrected chi connectivity index (χ4v) is 2.76. The molecule has 0 spiro atoms. The molecule has 0 aromatic heterocycles. The Bertz CT molecular complexity index is 658. The molecule has 0 radical (unpaired) electrons. The van der Waals surface area contributed by atoms with Gasteiger partial charge in [-0.2, -0.15) is 0 Å². The molecule has 0 saturated heterocycles. The van der Waals surface area contributed by atoms with Gasteiger partial charge in [0.05, 0.1) is 23.0 Å². The average Bonchev–Trinajstić information content (AvgIpc) is 2.47. The Morgan fingerprint density at radius 2 is 2.05 bits per heavy atom. The van der Waals surface area contributed by atoms with Crippen LogP contribution in [0.15, 0.2) is 52.3 Å². The molecule has 2 aromatic carbocycles. The van der Waals surface area contributed by atoms with Crippen LogP contribution < -0.4 is 4.74 Å². The van der Waals surface area contributed by atoms with E-state index in [0.717, 1.165) is 4.90 Å². The molecule has 2 aromatic rings. The van der Waals surface area contributed by atoms with Crippen molar-refractivity contribution in [3.8, 4) is 5.75 Å². The Morgan fingerprint density at radius 3 is 2.67 bits per heavy atom. The zero-order valence-electron chi connectivity index (χ0n) is 11.6. The smallest absolute Gasteiger partial charge is 0.283 e. The van der Waals surface area contributed by atoms with Crippen LogP contribution in [0.1, 0.15) is 18.6 Å². The molecule has 21 heavy (non-hydrogen) atoms. The summed E-state index contributed by atoms with van der Waals surface area (Å²) in [7, 11) is 1.57. The summed E-state index contributed by atoms with van der Waals surface area (Å²) in [6.07, 6.45) is -0.737. The van der Waals surface area contributed by atoms with Crippen molar-refractivity contribution in [1.29, 1.82) is 0 Å². The molecule has 2 rings (SSSR count). The lowest BCUT2D eigenvalue weighted by Crippen LogP contribution is -1.96. The topological polar surface area (TPSA) is 72.6 Å². The van der Waals surface area contributed by atoms with Crippen molar-refractivity contribution in [2.75, 3.05) is 7.11 Å². The van der Waals surface area contributed by atoms with E-state index in [1.165, 1.54) is 17.8 Å². The van der Waals surface area contributed by atoms with Crippen LogP contribution in [-0.2, 0) is 0 Å². The van der Waals surface area contributed by atoms with Gasteiger partial charge in [0.1, 0.15) is 5.75 Å². The summed E-state index contributed by atoms with van der Waals surface area (Å²) in [6, 6.07) is 12.1. The van der Waals surface area contributed by atoms with Crippen molar-refractivity contribution in [3.63, 3.8) is 0 Å². The van der Waals surface area contributed by atoms with Gasteiger partial charge in [0.15, 0.2) is 0 Å². The zero-order valence-corrected chi connectivity index (χ0v) is 12.5. The molecular weight excluding hydrogens is 290 g/mol. The lowest BCUT2D eigenvalue weighted by atomic mass is 10.1. The molecule has 0 fully saturated rings. The fraction of sp³-hybridized carbons (Fsp3) is 0.200. The minimum absolute atomic E-state index is 0.0128. The molecular formula is C15H15NO4S. The van der Waals surface area contributed by atoms with Gasteiger partial charge in [-0.15, -0.1) is 0 Å². The first-order chi connectivity index (χ1) is 10.0. The van der Waals surface area contributed by atoms with E-state index in [1.807, 2.05) is 24.3 Å². The summed E-state index contributed by atoms with van der Waals surface area (Å²) in [5, 5.41) is 20.7. The van der Waals surface area contributed by atoms with Crippen LogP contribution in [0.2, 0.25) is 0 Å². The predicted octanol–water partition coefficient (Wildman–Crippen LogP) is 3.81. The van der Waals surface area contributed by atoms with Crippen molar-refractivity contribution in [1.82, 2.24) is 0 Å². The van der Waals surface area contributed by atoms with Crippen molar-refractivity contribution in [2.24, 2.45) is 0 Å². The highest BCUT2D eigenvalue weighted by atomic mass is 32.2. The summed E-state index contributed by atoms with van der Waals surface area (Å²) in [5.74, 6) is 0.697. The van der Waals surface area contributed by atoms with Crippen molar-refractivity contribution in [2.45, 2.75) is 22.8 Å². The highest BCUT2D eigenvalue weighted by molar-refractivity contribution is 7.99. The number of nitro benzene ring substituents is 1. The van der Waals surface area contributed by atoms with Crippen LogP contribution in [-0.4, -0.2) is 17.1 Å². The van der Waals surface area contributed by atoms with Gasteiger partial charge < -0.3 is 9.84 Å². The van der Waals surface area contributed by atoms with Gasteiger partial charge in [-0.3, -0.25) is 10.1 Å². The van der Waals surface area contributed by atoms with E-state index >= 15 is 0 Å². The second kappa shape index (κ2) is 6.60. The number of rotatable bonds is 5. The van der Waals surface area contributed by atoms with E-state index in [-0.39, 0.29) is 5.69 Å². The Balaban J connectivity index is 2.36. The minimum atomic E-state index is -0.737. The van der Waals surface area contributed by atoms with Crippen molar-refractivity contribution in [3.05, 3.63) is 58.1 Å². The van der Waals surface area contributed by atoms with Gasteiger partial charge in [0, 0.05) is 11.0 Å². The van der Waals surface area contributed by atoms with Gasteiger partial charge >= 0.3 is 0 Å². The number of nitrogens with zero attached hydrogens (tertiary/aromatic N) is 1. The highest BCUT2D eigenvalue weighted by Crippen LogP contribution is 2.37. The molecule has 0 aliphatic heterocycles. The Kier molecular flexibility index (Phi) is 4.82. The quantitative estimate of drug-likeness (QED) is 0.671. The molecule has 0 heterocycles. The van der Waals surface area contributed by atoms with E-state index in [9.17, 15) is 15.2 Å². The third-order valence-corrected chi connectivity index (χ3v) is 3.99. The van der Waals surface area contributed by atoms with E-state index in [0.29, 0.717) is 16.2 Å². The summed E-state index contributed by atoms with van der Waals surface area (Å²) in [5.41, 5.74) is 0.512. The SMILES string of the molecule is COc1cccc(Sc2ccc([C@@H](C)O)cc2[N+](=O)[O-])c1. The third-order valence-electron chi connectivity index (χ3n) is 2.93. The number of benzene rings is 2. The Morgan fingerprint density at radius 1 is 1.29 bits per heavy atom. The maximum atomic E-state index is 11.2. The molecule has 110 valence electrons. The number of aliphatic hydroxyl groups is 1. The number of hydrogen-bond donors (Lipinski definition) is 1. The number of hydrogen-bond acceptors (Lipinski definition) is 5.